The first-order valence-electron chi connectivity index (χ1n) is 4.60. The number of alkyl halides is 6. The van der Waals surface area contributed by atoms with Crippen molar-refractivity contribution in [1.82, 2.24) is 4.98 Å². The van der Waals surface area contributed by atoms with Crippen molar-refractivity contribution < 1.29 is 40.9 Å². The van der Waals surface area contributed by atoms with Gasteiger partial charge in [-0.15, -0.1) is 13.2 Å². The summed E-state index contributed by atoms with van der Waals surface area (Å²) in [6.45, 7) is -0.985. The largest absolute Gasteiger partial charge is 0.574 e. The summed E-state index contributed by atoms with van der Waals surface area (Å²) in [4.78, 5) is 3.10. The SMILES string of the molecule is COc1c(C(F)(F)F)cc(CO)nc1OC(F)(F)F. The zero-order valence-corrected chi connectivity index (χ0v) is 9.26. The molecule has 1 heterocycles. The highest BCUT2D eigenvalue weighted by Gasteiger charge is 2.40. The van der Waals surface area contributed by atoms with Crippen molar-refractivity contribution in [2.75, 3.05) is 7.11 Å². The fraction of sp³-hybridized carbons (Fsp3) is 0.444. The fourth-order valence-corrected chi connectivity index (χ4v) is 1.23. The molecule has 1 rings (SSSR count). The van der Waals surface area contributed by atoms with Crippen molar-refractivity contribution in [3.63, 3.8) is 0 Å². The monoisotopic (exact) mass is 291 g/mol. The summed E-state index contributed by atoms with van der Waals surface area (Å²) in [5.74, 6) is -2.61. The van der Waals surface area contributed by atoms with E-state index in [4.69, 9.17) is 5.11 Å². The standard InChI is InChI=1S/C9H7F6NO3/c1-18-6-5(8(10,11)12)2-4(3-17)16-7(6)19-9(13,14)15/h2,17H,3H2,1H3. The lowest BCUT2D eigenvalue weighted by atomic mass is 10.2. The minimum Gasteiger partial charge on any atom is -0.491 e. The van der Waals surface area contributed by atoms with Crippen LogP contribution in [-0.2, 0) is 12.8 Å². The van der Waals surface area contributed by atoms with E-state index >= 15 is 0 Å². The number of nitrogens with zero attached hydrogens (tertiary/aromatic N) is 1. The molecule has 0 amide bonds. The first-order chi connectivity index (χ1) is 8.58. The van der Waals surface area contributed by atoms with Gasteiger partial charge in [-0.2, -0.15) is 13.2 Å². The number of hydrogen-bond donors (Lipinski definition) is 1. The van der Waals surface area contributed by atoms with Crippen LogP contribution in [0.4, 0.5) is 26.3 Å². The Labute approximate surface area is 102 Å². The van der Waals surface area contributed by atoms with Gasteiger partial charge in [0, 0.05) is 0 Å². The zero-order chi connectivity index (χ0) is 14.8. The van der Waals surface area contributed by atoms with Crippen LogP contribution in [0.5, 0.6) is 11.6 Å². The molecule has 19 heavy (non-hydrogen) atoms. The molecule has 0 aliphatic carbocycles. The van der Waals surface area contributed by atoms with Crippen LogP contribution in [0.15, 0.2) is 6.07 Å². The molecule has 1 N–H and O–H groups in total. The highest BCUT2D eigenvalue weighted by molar-refractivity contribution is 5.45. The molecule has 0 radical (unpaired) electrons. The van der Waals surface area contributed by atoms with Crippen molar-refractivity contribution in [3.8, 4) is 11.6 Å². The number of ether oxygens (including phenoxy) is 2. The van der Waals surface area contributed by atoms with E-state index in [1.54, 1.807) is 0 Å². The normalized spacial score (nSPS) is 12.4. The number of hydrogen-bond acceptors (Lipinski definition) is 4. The first-order valence-corrected chi connectivity index (χ1v) is 4.60. The summed E-state index contributed by atoms with van der Waals surface area (Å²) >= 11 is 0. The van der Waals surface area contributed by atoms with Gasteiger partial charge in [0.15, 0.2) is 5.75 Å². The van der Waals surface area contributed by atoms with Gasteiger partial charge in [-0.3, -0.25) is 0 Å². The van der Waals surface area contributed by atoms with E-state index in [9.17, 15) is 26.3 Å². The third kappa shape index (κ3) is 3.88. The molecule has 0 aromatic carbocycles. The summed E-state index contributed by atoms with van der Waals surface area (Å²) in [6, 6.07) is 0.377. The summed E-state index contributed by atoms with van der Waals surface area (Å²) in [7, 11) is 0.744. The Morgan fingerprint density at radius 3 is 2.16 bits per heavy atom. The summed E-state index contributed by atoms with van der Waals surface area (Å²) in [5.41, 5.74) is -2.15. The number of methoxy groups -OCH3 is 1. The van der Waals surface area contributed by atoms with Crippen LogP contribution < -0.4 is 9.47 Å². The third-order valence-corrected chi connectivity index (χ3v) is 1.88. The molecule has 108 valence electrons. The summed E-state index contributed by atoms with van der Waals surface area (Å²) in [5, 5.41) is 8.71. The lowest BCUT2D eigenvalue weighted by Gasteiger charge is -2.17. The van der Waals surface area contributed by atoms with Crippen molar-refractivity contribution in [3.05, 3.63) is 17.3 Å². The second kappa shape index (κ2) is 5.11. The maximum absolute atomic E-state index is 12.6. The van der Waals surface area contributed by atoms with Crippen LogP contribution in [0.1, 0.15) is 11.3 Å². The number of aliphatic hydroxyl groups is 1. The molecular weight excluding hydrogens is 284 g/mol. The molecule has 0 saturated carbocycles. The van der Waals surface area contributed by atoms with Crippen LogP contribution in [0.2, 0.25) is 0 Å². The minimum atomic E-state index is -5.24. The van der Waals surface area contributed by atoms with Gasteiger partial charge in [-0.05, 0) is 6.07 Å². The van der Waals surface area contributed by atoms with Gasteiger partial charge in [-0.1, -0.05) is 0 Å². The van der Waals surface area contributed by atoms with Crippen molar-refractivity contribution >= 4 is 0 Å². The average Bonchev–Trinajstić information content (AvgIpc) is 2.24. The number of pyridine rings is 1. The molecule has 0 atom stereocenters. The quantitative estimate of drug-likeness (QED) is 0.869. The van der Waals surface area contributed by atoms with E-state index in [0.717, 1.165) is 7.11 Å². The van der Waals surface area contributed by atoms with Crippen molar-refractivity contribution in [2.24, 2.45) is 0 Å². The molecule has 0 aliphatic heterocycles. The Morgan fingerprint density at radius 2 is 1.79 bits per heavy atom. The van der Waals surface area contributed by atoms with Crippen LogP contribution in [0, 0.1) is 0 Å². The van der Waals surface area contributed by atoms with Gasteiger partial charge in [0.1, 0.15) is 5.56 Å². The second-order valence-corrected chi connectivity index (χ2v) is 3.20. The topological polar surface area (TPSA) is 51.6 Å². The van der Waals surface area contributed by atoms with Crippen molar-refractivity contribution in [1.29, 1.82) is 0 Å². The van der Waals surface area contributed by atoms with Gasteiger partial charge < -0.3 is 14.6 Å². The summed E-state index contributed by atoms with van der Waals surface area (Å²) in [6.07, 6.45) is -10.2. The van der Waals surface area contributed by atoms with E-state index in [1.807, 2.05) is 0 Å². The Bertz CT molecular complexity index is 456. The molecule has 10 heteroatoms. The molecule has 0 saturated heterocycles. The zero-order valence-electron chi connectivity index (χ0n) is 9.26. The van der Waals surface area contributed by atoms with Crippen LogP contribution in [0.25, 0.3) is 0 Å². The predicted octanol–water partition coefficient (Wildman–Crippen LogP) is 2.50. The first kappa shape index (κ1) is 15.3. The van der Waals surface area contributed by atoms with Crippen LogP contribution in [-0.4, -0.2) is 23.6 Å². The van der Waals surface area contributed by atoms with Crippen molar-refractivity contribution in [2.45, 2.75) is 19.1 Å². The number of rotatable bonds is 3. The Morgan fingerprint density at radius 1 is 1.21 bits per heavy atom. The van der Waals surface area contributed by atoms with Gasteiger partial charge >= 0.3 is 12.5 Å². The Kier molecular flexibility index (Phi) is 4.13. The Balaban J connectivity index is 3.44. The van der Waals surface area contributed by atoms with Gasteiger partial charge in [-0.25, -0.2) is 4.98 Å². The Hall–Kier alpha value is -1.71. The number of aliphatic hydroxyl groups excluding tert-OH is 1. The lowest BCUT2D eigenvalue weighted by molar-refractivity contribution is -0.276. The van der Waals surface area contributed by atoms with Gasteiger partial charge in [0.25, 0.3) is 5.88 Å². The van der Waals surface area contributed by atoms with E-state index in [1.165, 1.54) is 0 Å². The summed E-state index contributed by atoms with van der Waals surface area (Å²) < 4.78 is 81.7. The maximum atomic E-state index is 12.6. The van der Waals surface area contributed by atoms with E-state index < -0.39 is 42.0 Å². The molecule has 0 aliphatic rings. The smallest absolute Gasteiger partial charge is 0.491 e. The predicted molar refractivity (Wildman–Crippen MR) is 48.4 cm³/mol. The van der Waals surface area contributed by atoms with Gasteiger partial charge in [0.2, 0.25) is 0 Å². The minimum absolute atomic E-state index is 0.377. The second-order valence-electron chi connectivity index (χ2n) is 3.20. The highest BCUT2D eigenvalue weighted by atomic mass is 19.4. The molecule has 0 spiro atoms. The third-order valence-electron chi connectivity index (χ3n) is 1.88. The highest BCUT2D eigenvalue weighted by Crippen LogP contribution is 2.42. The molecule has 4 nitrogen and oxygen atoms in total. The molecule has 1 aromatic heterocycles. The number of aromatic nitrogens is 1. The maximum Gasteiger partial charge on any atom is 0.574 e. The lowest BCUT2D eigenvalue weighted by Crippen LogP contribution is -2.20. The molecular formula is C9H7F6NO3. The fourth-order valence-electron chi connectivity index (χ4n) is 1.23. The molecule has 0 unspecified atom stereocenters. The molecule has 0 bridgehead atoms. The van der Waals surface area contributed by atoms with E-state index in [-0.39, 0.29) is 0 Å². The molecule has 0 fully saturated rings. The van der Waals surface area contributed by atoms with E-state index in [2.05, 4.69) is 14.5 Å². The van der Waals surface area contributed by atoms with Crippen LogP contribution >= 0.6 is 0 Å². The molecule has 1 aromatic rings. The average molecular weight is 291 g/mol. The van der Waals surface area contributed by atoms with Crippen LogP contribution in [0.3, 0.4) is 0 Å². The van der Waals surface area contributed by atoms with E-state index in [0.29, 0.717) is 6.07 Å². The van der Waals surface area contributed by atoms with Gasteiger partial charge in [0.05, 0.1) is 19.4 Å². The number of halogens is 6.